The molecule has 1 atom stereocenters. The van der Waals surface area contributed by atoms with Crippen molar-refractivity contribution in [1.82, 2.24) is 4.98 Å². The Balaban J connectivity index is 2.80. The Morgan fingerprint density at radius 1 is 1.31 bits per heavy atom. The third kappa shape index (κ3) is 2.38. The highest BCUT2D eigenvalue weighted by molar-refractivity contribution is 5.86. The predicted octanol–water partition coefficient (Wildman–Crippen LogP) is 2.41. The molecule has 1 aromatic heterocycles. The fourth-order valence-corrected chi connectivity index (χ4v) is 1.28. The molecule has 0 aliphatic rings. The molecule has 0 fully saturated rings. The van der Waals surface area contributed by atoms with E-state index in [9.17, 15) is 4.79 Å². The summed E-state index contributed by atoms with van der Waals surface area (Å²) in [5.41, 5.74) is 0.862. The van der Waals surface area contributed by atoms with Crippen LogP contribution in [0, 0.1) is 5.92 Å². The first-order valence-electron chi connectivity index (χ1n) is 4.57. The van der Waals surface area contributed by atoms with Gasteiger partial charge in [0.05, 0.1) is 11.6 Å². The fraction of sp³-hybridized carbons (Fsp3) is 0.455. The van der Waals surface area contributed by atoms with Crippen LogP contribution in [0.4, 0.5) is 0 Å². The number of carbonyl (C=O) groups is 1. The van der Waals surface area contributed by atoms with Gasteiger partial charge < -0.3 is 0 Å². The second-order valence-corrected chi connectivity index (χ2v) is 3.53. The molecule has 0 aliphatic carbocycles. The van der Waals surface area contributed by atoms with Gasteiger partial charge >= 0.3 is 0 Å². The van der Waals surface area contributed by atoms with Crippen molar-refractivity contribution >= 4 is 5.78 Å². The summed E-state index contributed by atoms with van der Waals surface area (Å²) in [5, 5.41) is 0. The van der Waals surface area contributed by atoms with Crippen molar-refractivity contribution in [2.75, 3.05) is 0 Å². The van der Waals surface area contributed by atoms with Crippen molar-refractivity contribution < 1.29 is 4.79 Å². The molecule has 70 valence electrons. The summed E-state index contributed by atoms with van der Waals surface area (Å²) in [6.45, 7) is 5.74. The largest absolute Gasteiger partial charge is 0.299 e. The Hall–Kier alpha value is -1.18. The minimum atomic E-state index is -0.0822. The summed E-state index contributed by atoms with van der Waals surface area (Å²) in [5.74, 6) is 0.247. The molecule has 2 nitrogen and oxygen atoms in total. The van der Waals surface area contributed by atoms with E-state index in [4.69, 9.17) is 0 Å². The molecule has 1 aromatic rings. The maximum Gasteiger partial charge on any atom is 0.144 e. The lowest BCUT2D eigenvalue weighted by molar-refractivity contribution is -0.123. The highest BCUT2D eigenvalue weighted by Gasteiger charge is 2.18. The van der Waals surface area contributed by atoms with Gasteiger partial charge in [-0.25, -0.2) is 0 Å². The Labute approximate surface area is 79.0 Å². The van der Waals surface area contributed by atoms with E-state index in [1.807, 2.05) is 39.0 Å². The molecule has 0 radical (unpaired) electrons. The van der Waals surface area contributed by atoms with E-state index in [-0.39, 0.29) is 17.6 Å². The molecule has 0 amide bonds. The summed E-state index contributed by atoms with van der Waals surface area (Å²) in [6.07, 6.45) is 1.72. The maximum absolute atomic E-state index is 11.6. The number of pyridine rings is 1. The topological polar surface area (TPSA) is 30.0 Å². The fourth-order valence-electron chi connectivity index (χ4n) is 1.28. The van der Waals surface area contributed by atoms with Crippen molar-refractivity contribution in [3.05, 3.63) is 30.1 Å². The van der Waals surface area contributed by atoms with Gasteiger partial charge in [-0.05, 0) is 19.1 Å². The molecule has 0 N–H and O–H groups in total. The van der Waals surface area contributed by atoms with E-state index in [1.54, 1.807) is 6.20 Å². The summed E-state index contributed by atoms with van der Waals surface area (Å²) in [4.78, 5) is 15.8. The molecule has 13 heavy (non-hydrogen) atoms. The molecule has 0 bridgehead atoms. The lowest BCUT2D eigenvalue weighted by Gasteiger charge is -2.11. The number of hydrogen-bond acceptors (Lipinski definition) is 2. The molecule has 0 aromatic carbocycles. The van der Waals surface area contributed by atoms with Crippen LogP contribution in [0.25, 0.3) is 0 Å². The Morgan fingerprint density at radius 2 is 2.00 bits per heavy atom. The lowest BCUT2D eigenvalue weighted by Crippen LogP contribution is -2.16. The average Bonchev–Trinajstić information content (AvgIpc) is 2.17. The lowest BCUT2D eigenvalue weighted by atomic mass is 9.94. The van der Waals surface area contributed by atoms with Crippen molar-refractivity contribution in [2.45, 2.75) is 26.7 Å². The van der Waals surface area contributed by atoms with Crippen molar-refractivity contribution in [2.24, 2.45) is 5.92 Å². The number of carbonyl (C=O) groups excluding carboxylic acids is 1. The zero-order valence-corrected chi connectivity index (χ0v) is 8.32. The average molecular weight is 177 g/mol. The summed E-state index contributed by atoms with van der Waals surface area (Å²) in [7, 11) is 0. The van der Waals surface area contributed by atoms with E-state index < -0.39 is 0 Å². The Bertz CT molecular complexity index is 279. The van der Waals surface area contributed by atoms with Crippen LogP contribution in [-0.4, -0.2) is 10.8 Å². The van der Waals surface area contributed by atoms with Crippen LogP contribution < -0.4 is 0 Å². The number of aromatic nitrogens is 1. The summed E-state index contributed by atoms with van der Waals surface area (Å²) < 4.78 is 0. The predicted molar refractivity (Wildman–Crippen MR) is 52.5 cm³/mol. The van der Waals surface area contributed by atoms with Crippen LogP contribution >= 0.6 is 0 Å². The van der Waals surface area contributed by atoms with Crippen LogP contribution in [-0.2, 0) is 4.79 Å². The summed E-state index contributed by atoms with van der Waals surface area (Å²) >= 11 is 0. The maximum atomic E-state index is 11.6. The third-order valence-corrected chi connectivity index (χ3v) is 2.13. The molecule has 0 saturated heterocycles. The SMILES string of the molecule is CC(C)C(=O)C(C)c1ccccn1. The van der Waals surface area contributed by atoms with Gasteiger partial charge in [-0.3, -0.25) is 9.78 Å². The van der Waals surface area contributed by atoms with Crippen LogP contribution in [0.2, 0.25) is 0 Å². The molecule has 0 saturated carbocycles. The number of nitrogens with zero attached hydrogens (tertiary/aromatic N) is 1. The van der Waals surface area contributed by atoms with Crippen LogP contribution in [0.5, 0.6) is 0 Å². The van der Waals surface area contributed by atoms with Gasteiger partial charge in [0, 0.05) is 12.1 Å². The minimum Gasteiger partial charge on any atom is -0.299 e. The highest BCUT2D eigenvalue weighted by atomic mass is 16.1. The van der Waals surface area contributed by atoms with Crippen LogP contribution in [0.3, 0.4) is 0 Å². The van der Waals surface area contributed by atoms with Crippen molar-refractivity contribution in [1.29, 1.82) is 0 Å². The van der Waals surface area contributed by atoms with Crippen LogP contribution in [0.15, 0.2) is 24.4 Å². The first kappa shape index (κ1) is 9.90. The number of Topliss-reactive ketones (excluding diaryl/α,β-unsaturated/α-hetero) is 1. The van der Waals surface area contributed by atoms with Crippen molar-refractivity contribution in [3.63, 3.8) is 0 Å². The molecule has 1 heterocycles. The standard InChI is InChI=1S/C11H15NO/c1-8(2)11(13)9(3)10-6-4-5-7-12-10/h4-9H,1-3H3. The molecule has 0 spiro atoms. The zero-order chi connectivity index (χ0) is 9.84. The summed E-state index contributed by atoms with van der Waals surface area (Å²) in [6, 6.07) is 5.66. The van der Waals surface area contributed by atoms with Crippen molar-refractivity contribution in [3.8, 4) is 0 Å². The van der Waals surface area contributed by atoms with Gasteiger partial charge in [-0.1, -0.05) is 19.9 Å². The van der Waals surface area contributed by atoms with E-state index in [2.05, 4.69) is 4.98 Å². The minimum absolute atomic E-state index is 0.0806. The quantitative estimate of drug-likeness (QED) is 0.709. The van der Waals surface area contributed by atoms with Gasteiger partial charge in [0.15, 0.2) is 0 Å². The van der Waals surface area contributed by atoms with Gasteiger partial charge in [-0.2, -0.15) is 0 Å². The van der Waals surface area contributed by atoms with Gasteiger partial charge in [0.2, 0.25) is 0 Å². The monoisotopic (exact) mass is 177 g/mol. The molecule has 1 unspecified atom stereocenters. The Morgan fingerprint density at radius 3 is 2.46 bits per heavy atom. The first-order valence-corrected chi connectivity index (χ1v) is 4.57. The zero-order valence-electron chi connectivity index (χ0n) is 8.32. The highest BCUT2D eigenvalue weighted by Crippen LogP contribution is 2.16. The van der Waals surface area contributed by atoms with E-state index in [0.717, 1.165) is 5.69 Å². The number of rotatable bonds is 3. The second-order valence-electron chi connectivity index (χ2n) is 3.53. The van der Waals surface area contributed by atoms with E-state index >= 15 is 0 Å². The normalized spacial score (nSPS) is 12.9. The first-order chi connectivity index (χ1) is 6.13. The van der Waals surface area contributed by atoms with Gasteiger partial charge in [0.25, 0.3) is 0 Å². The van der Waals surface area contributed by atoms with Gasteiger partial charge in [-0.15, -0.1) is 0 Å². The second kappa shape index (κ2) is 4.17. The molecule has 1 rings (SSSR count). The molecular formula is C11H15NO. The molecule has 2 heteroatoms. The van der Waals surface area contributed by atoms with Crippen LogP contribution in [0.1, 0.15) is 32.4 Å². The van der Waals surface area contributed by atoms with Gasteiger partial charge in [0.1, 0.15) is 5.78 Å². The smallest absolute Gasteiger partial charge is 0.144 e. The molecular weight excluding hydrogens is 162 g/mol. The number of ketones is 1. The Kier molecular flexibility index (Phi) is 3.18. The number of hydrogen-bond donors (Lipinski definition) is 0. The molecule has 0 aliphatic heterocycles. The van der Waals surface area contributed by atoms with E-state index in [1.165, 1.54) is 0 Å². The third-order valence-electron chi connectivity index (χ3n) is 2.13. The van der Waals surface area contributed by atoms with E-state index in [0.29, 0.717) is 0 Å².